The van der Waals surface area contributed by atoms with Crippen LogP contribution < -0.4 is 9.80 Å². The molecule has 0 aromatic heterocycles. The van der Waals surface area contributed by atoms with Crippen molar-refractivity contribution >= 4 is 31.4 Å². The minimum absolute atomic E-state index is 0.162. The first kappa shape index (κ1) is 57.9. The molecular formula is C84H88N2OSi. The van der Waals surface area contributed by atoms with Crippen LogP contribution in [0.3, 0.4) is 0 Å². The monoisotopic (exact) mass is 1170 g/mol. The van der Waals surface area contributed by atoms with Crippen molar-refractivity contribution in [1.29, 1.82) is 0 Å². The molecule has 1 aliphatic heterocycles. The fourth-order valence-electron chi connectivity index (χ4n) is 16.6. The summed E-state index contributed by atoms with van der Waals surface area (Å²) in [5, 5.41) is 0. The second-order valence-corrected chi connectivity index (χ2v) is 29.9. The fourth-order valence-corrected chi connectivity index (χ4v) is 18.3. The van der Waals surface area contributed by atoms with E-state index in [9.17, 15) is 0 Å². The Morgan fingerprint density at radius 2 is 1.45 bits per heavy atom. The highest BCUT2D eigenvalue weighted by molar-refractivity contribution is 6.57. The van der Waals surface area contributed by atoms with Gasteiger partial charge in [-0.3, -0.25) is 0 Å². The molecule has 14 rings (SSSR count). The largest absolute Gasteiger partial charge is 0.377 e. The summed E-state index contributed by atoms with van der Waals surface area (Å²) >= 11 is 0. The SMILES string of the molecule is C=CC1=CCC(OC[SiH](C)CCCC2(c3ccccc3)c3ccccc3-c3ccc(N(C4=CCC(C5=CCCCC5)C=C4)c4ccc(-c5cc(C)c(C6=CC7=C(CC6)N(c6ccccc6)C6=CCC(C8=CCC(C=C)CC8)CC67)cc5C)cc4)cc32)C=C1. The first-order chi connectivity index (χ1) is 43.2. The number of benzene rings is 6. The third-order valence-corrected chi connectivity index (χ3v) is 23.5. The van der Waals surface area contributed by atoms with Crippen LogP contribution in [0.25, 0.3) is 27.8 Å². The van der Waals surface area contributed by atoms with E-state index in [1.807, 2.05) is 6.08 Å². The van der Waals surface area contributed by atoms with Crippen molar-refractivity contribution in [3.63, 3.8) is 0 Å². The zero-order chi connectivity index (χ0) is 59.7. The summed E-state index contributed by atoms with van der Waals surface area (Å²) in [5.41, 5.74) is 28.8. The van der Waals surface area contributed by atoms with E-state index in [0.29, 0.717) is 23.7 Å². The van der Waals surface area contributed by atoms with Crippen molar-refractivity contribution in [2.75, 3.05) is 16.0 Å². The molecule has 0 N–H and O–H groups in total. The molecule has 0 fully saturated rings. The minimum Gasteiger partial charge on any atom is -0.377 e. The Labute approximate surface area is 527 Å². The zero-order valence-electron chi connectivity index (χ0n) is 52.4. The lowest BCUT2D eigenvalue weighted by Gasteiger charge is -2.35. The molecule has 4 heteroatoms. The number of anilines is 3. The van der Waals surface area contributed by atoms with Crippen LogP contribution in [0.2, 0.25) is 12.6 Å². The van der Waals surface area contributed by atoms with Crippen LogP contribution in [0.4, 0.5) is 17.1 Å². The maximum Gasteiger partial charge on any atom is 0.0789 e. The molecule has 88 heavy (non-hydrogen) atoms. The van der Waals surface area contributed by atoms with Gasteiger partial charge in [0.05, 0.1) is 14.9 Å². The Morgan fingerprint density at radius 3 is 2.20 bits per heavy atom. The summed E-state index contributed by atoms with van der Waals surface area (Å²) in [6, 6.07) is 55.1. The van der Waals surface area contributed by atoms with E-state index in [2.05, 4.69) is 250 Å². The molecule has 0 bridgehead atoms. The summed E-state index contributed by atoms with van der Waals surface area (Å²) in [6.45, 7) is 15.3. The van der Waals surface area contributed by atoms with Gasteiger partial charge in [0, 0.05) is 57.6 Å². The first-order valence-electron chi connectivity index (χ1n) is 33.6. The average Bonchev–Trinajstić information content (AvgIpc) is 1.57. The maximum atomic E-state index is 6.56. The smallest absolute Gasteiger partial charge is 0.0789 e. The fraction of sp³-hybridized carbons (Fsp3) is 0.310. The van der Waals surface area contributed by atoms with Gasteiger partial charge in [-0.25, -0.2) is 0 Å². The van der Waals surface area contributed by atoms with E-state index in [-0.39, 0.29) is 11.5 Å². The lowest BCUT2D eigenvalue weighted by Crippen LogP contribution is -2.28. The Kier molecular flexibility index (Phi) is 16.7. The molecule has 0 radical (unpaired) electrons. The predicted molar refractivity (Wildman–Crippen MR) is 375 cm³/mol. The molecule has 0 saturated carbocycles. The van der Waals surface area contributed by atoms with Gasteiger partial charge in [0.1, 0.15) is 0 Å². The molecule has 6 aromatic carbocycles. The predicted octanol–water partition coefficient (Wildman–Crippen LogP) is 21.8. The van der Waals surface area contributed by atoms with E-state index in [1.165, 1.54) is 152 Å². The molecule has 6 aromatic rings. The Bertz CT molecular complexity index is 3930. The van der Waals surface area contributed by atoms with Crippen molar-refractivity contribution in [2.45, 2.75) is 134 Å². The summed E-state index contributed by atoms with van der Waals surface area (Å²) in [5.74, 6) is 2.12. The van der Waals surface area contributed by atoms with Gasteiger partial charge in [-0.1, -0.05) is 207 Å². The van der Waals surface area contributed by atoms with E-state index >= 15 is 0 Å². The van der Waals surface area contributed by atoms with Gasteiger partial charge in [0.2, 0.25) is 0 Å². The third-order valence-electron chi connectivity index (χ3n) is 21.4. The number of hydrogen-bond acceptors (Lipinski definition) is 3. The lowest BCUT2D eigenvalue weighted by atomic mass is 9.69. The van der Waals surface area contributed by atoms with Gasteiger partial charge < -0.3 is 14.5 Å². The number of hydrogen-bond donors (Lipinski definition) is 0. The zero-order valence-corrected chi connectivity index (χ0v) is 53.6. The highest BCUT2D eigenvalue weighted by Gasteiger charge is 2.45. The highest BCUT2D eigenvalue weighted by atomic mass is 28.3. The van der Waals surface area contributed by atoms with Gasteiger partial charge in [-0.2, -0.15) is 0 Å². The van der Waals surface area contributed by atoms with Crippen LogP contribution in [0.1, 0.15) is 130 Å². The molecule has 7 atom stereocenters. The van der Waals surface area contributed by atoms with Gasteiger partial charge in [-0.15, -0.1) is 6.58 Å². The number of allylic oxidation sites excluding steroid dienone is 16. The van der Waals surface area contributed by atoms with Crippen molar-refractivity contribution < 1.29 is 4.74 Å². The summed E-state index contributed by atoms with van der Waals surface area (Å²) in [7, 11) is -1.16. The molecule has 3 nitrogen and oxygen atoms in total. The molecule has 1 heterocycles. The number of ether oxygens (including phenoxy) is 1. The standard InChI is InChI=1S/C84H88N2OSi/c1-6-60-28-32-64(33-29-60)66-38-48-82-78(54-66)79-55-67(39-49-83(79)86(82)69-24-15-10-16-25-69)77-53-58(3)76(52-59(77)4)65-36-42-71(43-37-65)85(70-40-34-63(35-41-70)62-20-11-8-12-21-62)72-44-47-75-74-26-17-18-27-80(74)84(81(75)56-72,68-22-13-9-14-23-68)50-19-51-88(5)57-87-73-45-30-61(7-2)31-46-73/h6-7,9-10,13-18,20,22-27,30-32,34,36-37,40-45,47-48,52-53,55-56,60,63,66,73,78,88H,1-2,8,11-12,19,21,28-29,33,35,38-39,46,49-51,54,57H2,3-5H3. The van der Waals surface area contributed by atoms with Crippen LogP contribution >= 0.6 is 0 Å². The van der Waals surface area contributed by atoms with E-state index in [4.69, 9.17) is 4.74 Å². The minimum atomic E-state index is -1.16. The van der Waals surface area contributed by atoms with Crippen LogP contribution in [0, 0.1) is 37.5 Å². The van der Waals surface area contributed by atoms with E-state index < -0.39 is 8.80 Å². The van der Waals surface area contributed by atoms with E-state index in [1.54, 1.807) is 16.7 Å². The molecule has 0 saturated heterocycles. The molecule has 444 valence electrons. The quantitative estimate of drug-likeness (QED) is 0.0630. The van der Waals surface area contributed by atoms with Crippen molar-refractivity contribution in [3.8, 4) is 22.3 Å². The van der Waals surface area contributed by atoms with Crippen molar-refractivity contribution in [3.05, 3.63) is 298 Å². The molecular weight excluding hydrogens is 1080 g/mol. The topological polar surface area (TPSA) is 15.7 Å². The Balaban J connectivity index is 0.778. The second-order valence-electron chi connectivity index (χ2n) is 26.8. The molecule has 7 unspecified atom stereocenters. The Hall–Kier alpha value is -7.76. The molecule has 0 spiro atoms. The number of nitrogens with zero attached hydrogens (tertiary/aromatic N) is 2. The van der Waals surface area contributed by atoms with Gasteiger partial charge in [-0.05, 0) is 230 Å². The van der Waals surface area contributed by atoms with Gasteiger partial charge in [0.25, 0.3) is 0 Å². The number of fused-ring (bicyclic) bond motifs is 5. The highest BCUT2D eigenvalue weighted by Crippen LogP contribution is 2.57. The van der Waals surface area contributed by atoms with Gasteiger partial charge >= 0.3 is 0 Å². The molecule has 0 amide bonds. The second kappa shape index (κ2) is 25.4. The van der Waals surface area contributed by atoms with Crippen molar-refractivity contribution in [2.24, 2.45) is 23.7 Å². The maximum absolute atomic E-state index is 6.56. The van der Waals surface area contributed by atoms with Crippen LogP contribution in [-0.2, 0) is 10.2 Å². The first-order valence-corrected chi connectivity index (χ1v) is 36.4. The van der Waals surface area contributed by atoms with Crippen LogP contribution in [-0.4, -0.2) is 21.1 Å². The molecule has 8 aliphatic rings. The normalized spacial score (nSPS) is 23.9. The Morgan fingerprint density at radius 1 is 0.670 bits per heavy atom. The average molecular weight is 1170 g/mol. The number of para-hydroxylation sites is 1. The molecule has 7 aliphatic carbocycles. The number of rotatable bonds is 18. The van der Waals surface area contributed by atoms with Gasteiger partial charge in [0.15, 0.2) is 0 Å². The lowest BCUT2D eigenvalue weighted by molar-refractivity contribution is 0.121. The summed E-state index contributed by atoms with van der Waals surface area (Å²) < 4.78 is 6.56. The third kappa shape index (κ3) is 11.2. The summed E-state index contributed by atoms with van der Waals surface area (Å²) in [4.78, 5) is 5.20. The van der Waals surface area contributed by atoms with Crippen LogP contribution in [0.5, 0.6) is 0 Å². The number of aryl methyl sites for hydroxylation is 2. The summed E-state index contributed by atoms with van der Waals surface area (Å²) in [6.07, 6.45) is 46.8. The van der Waals surface area contributed by atoms with Crippen LogP contribution in [0.15, 0.2) is 265 Å². The van der Waals surface area contributed by atoms with E-state index in [0.717, 1.165) is 57.6 Å². The van der Waals surface area contributed by atoms with Crippen molar-refractivity contribution in [1.82, 2.24) is 0 Å².